The van der Waals surface area contributed by atoms with Crippen LogP contribution in [0.2, 0.25) is 0 Å². The molecule has 1 saturated carbocycles. The second kappa shape index (κ2) is 7.69. The summed E-state index contributed by atoms with van der Waals surface area (Å²) in [5.41, 5.74) is 6.55. The van der Waals surface area contributed by atoms with Gasteiger partial charge in [-0.2, -0.15) is 0 Å². The number of tetrazole rings is 1. The number of nitro benzene ring substituents is 1. The Morgan fingerprint density at radius 1 is 1.30 bits per heavy atom. The van der Waals surface area contributed by atoms with E-state index in [9.17, 15) is 10.1 Å². The Labute approximate surface area is 158 Å². The van der Waals surface area contributed by atoms with E-state index in [4.69, 9.17) is 5.73 Å². The Morgan fingerprint density at radius 2 is 2.00 bits per heavy atom. The first-order chi connectivity index (χ1) is 12.8. The summed E-state index contributed by atoms with van der Waals surface area (Å²) in [6.07, 6.45) is 4.05. The van der Waals surface area contributed by atoms with Crippen molar-refractivity contribution in [3.05, 3.63) is 45.8 Å². The topological polar surface area (TPSA) is 125 Å². The lowest BCUT2D eigenvalue weighted by Crippen LogP contribution is -2.49. The van der Waals surface area contributed by atoms with Crippen molar-refractivity contribution in [1.29, 1.82) is 0 Å². The first-order valence-electron chi connectivity index (χ1n) is 9.32. The highest BCUT2D eigenvalue weighted by Gasteiger charge is 2.34. The third-order valence-electron chi connectivity index (χ3n) is 5.03. The maximum absolute atomic E-state index is 11.6. The molecule has 3 unspecified atom stereocenters. The average molecular weight is 373 g/mol. The minimum absolute atomic E-state index is 0.00276. The molecule has 1 aromatic heterocycles. The Kier molecular flexibility index (Phi) is 5.52. The number of nitrogens with zero attached hydrogens (tertiary/aromatic N) is 5. The summed E-state index contributed by atoms with van der Waals surface area (Å²) in [6.45, 7) is 5.99. The van der Waals surface area contributed by atoms with Crippen LogP contribution in [-0.2, 0) is 5.54 Å². The summed E-state index contributed by atoms with van der Waals surface area (Å²) in [4.78, 5) is 11.3. The van der Waals surface area contributed by atoms with Crippen LogP contribution in [0.3, 0.4) is 0 Å². The molecule has 0 amide bonds. The number of hydrogen-bond donors (Lipinski definition) is 2. The van der Waals surface area contributed by atoms with Gasteiger partial charge in [0.1, 0.15) is 6.04 Å². The van der Waals surface area contributed by atoms with Gasteiger partial charge < -0.3 is 5.73 Å². The van der Waals surface area contributed by atoms with Crippen LogP contribution in [0, 0.1) is 10.1 Å². The molecule has 3 N–H and O–H groups in total. The van der Waals surface area contributed by atoms with E-state index in [0.29, 0.717) is 11.4 Å². The molecule has 0 radical (unpaired) electrons. The molecule has 3 atom stereocenters. The Morgan fingerprint density at radius 3 is 2.67 bits per heavy atom. The zero-order chi connectivity index (χ0) is 19.6. The lowest BCUT2D eigenvalue weighted by Gasteiger charge is -2.33. The maximum Gasteiger partial charge on any atom is 0.274 e. The van der Waals surface area contributed by atoms with Crippen molar-refractivity contribution in [2.24, 2.45) is 5.73 Å². The Bertz CT molecular complexity index is 799. The number of nitrogens with one attached hydrogen (secondary N) is 1. The third-order valence-corrected chi connectivity index (χ3v) is 5.03. The summed E-state index contributed by atoms with van der Waals surface area (Å²) < 4.78 is 1.72. The summed E-state index contributed by atoms with van der Waals surface area (Å²) in [5, 5.41) is 27.4. The van der Waals surface area contributed by atoms with Crippen molar-refractivity contribution in [3.8, 4) is 0 Å². The van der Waals surface area contributed by atoms with E-state index < -0.39 is 6.04 Å². The monoisotopic (exact) mass is 373 g/mol. The zero-order valence-corrected chi connectivity index (χ0v) is 16.0. The van der Waals surface area contributed by atoms with Crippen LogP contribution >= 0.6 is 0 Å². The molecule has 1 fully saturated rings. The van der Waals surface area contributed by atoms with Crippen molar-refractivity contribution in [1.82, 2.24) is 25.5 Å². The van der Waals surface area contributed by atoms with Gasteiger partial charge >= 0.3 is 0 Å². The van der Waals surface area contributed by atoms with Gasteiger partial charge in [0.05, 0.1) is 16.0 Å². The normalized spacial score (nSPS) is 21.8. The molecule has 27 heavy (non-hydrogen) atoms. The average Bonchev–Trinajstić information content (AvgIpc) is 3.11. The van der Waals surface area contributed by atoms with Gasteiger partial charge in [-0.15, -0.1) is 5.10 Å². The summed E-state index contributed by atoms with van der Waals surface area (Å²) >= 11 is 0. The molecule has 1 aliphatic rings. The quantitative estimate of drug-likeness (QED) is 0.608. The second-order valence-corrected chi connectivity index (χ2v) is 8.09. The highest BCUT2D eigenvalue weighted by atomic mass is 16.6. The zero-order valence-electron chi connectivity index (χ0n) is 16.0. The molecule has 1 aliphatic carbocycles. The predicted molar refractivity (Wildman–Crippen MR) is 101 cm³/mol. The van der Waals surface area contributed by atoms with Crippen LogP contribution < -0.4 is 11.1 Å². The first-order valence-corrected chi connectivity index (χ1v) is 9.32. The van der Waals surface area contributed by atoms with Crippen LogP contribution in [0.4, 0.5) is 5.69 Å². The Hall–Kier alpha value is -2.39. The van der Waals surface area contributed by atoms with Gasteiger partial charge in [-0.25, -0.2) is 4.68 Å². The fourth-order valence-corrected chi connectivity index (χ4v) is 3.63. The van der Waals surface area contributed by atoms with Crippen molar-refractivity contribution in [2.45, 2.75) is 70.1 Å². The molecule has 1 aromatic carbocycles. The van der Waals surface area contributed by atoms with Gasteiger partial charge in [0, 0.05) is 18.2 Å². The number of hydrogen-bond acceptors (Lipinski definition) is 7. The van der Waals surface area contributed by atoms with E-state index >= 15 is 0 Å². The largest absolute Gasteiger partial charge is 0.326 e. The molecule has 0 bridgehead atoms. The van der Waals surface area contributed by atoms with Gasteiger partial charge in [-0.3, -0.25) is 15.4 Å². The SMILES string of the molecule is CC(C)(C)n1nnnc1C(NC1CCCCC1N)c1ccccc1[N+](=O)[O-]. The molecule has 9 nitrogen and oxygen atoms in total. The first kappa shape index (κ1) is 19.4. The van der Waals surface area contributed by atoms with Crippen molar-refractivity contribution in [2.75, 3.05) is 0 Å². The van der Waals surface area contributed by atoms with Crippen LogP contribution in [0.1, 0.15) is 63.9 Å². The highest BCUT2D eigenvalue weighted by molar-refractivity contribution is 5.44. The van der Waals surface area contributed by atoms with Crippen molar-refractivity contribution >= 4 is 5.69 Å². The minimum atomic E-state index is -0.519. The predicted octanol–water partition coefficient (Wildman–Crippen LogP) is 2.29. The number of para-hydroxylation sites is 1. The fraction of sp³-hybridized carbons (Fsp3) is 0.611. The number of aromatic nitrogens is 4. The van der Waals surface area contributed by atoms with Gasteiger partial charge in [0.15, 0.2) is 5.82 Å². The van der Waals surface area contributed by atoms with E-state index in [1.807, 2.05) is 20.8 Å². The molecule has 0 aliphatic heterocycles. The summed E-state index contributed by atoms with van der Waals surface area (Å²) in [6, 6.07) is 6.26. The van der Waals surface area contributed by atoms with E-state index in [-0.39, 0.29) is 28.2 Å². The van der Waals surface area contributed by atoms with Crippen LogP contribution in [-0.4, -0.2) is 37.2 Å². The standard InChI is InChI=1S/C18H27N7O2/c1-18(2,3)24-17(21-22-23-24)16(20-14-10-6-5-9-13(14)19)12-8-4-7-11-15(12)25(26)27/h4,7-8,11,13-14,16,20H,5-6,9-10,19H2,1-3H3. The summed E-state index contributed by atoms with van der Waals surface area (Å²) in [5.74, 6) is 0.551. The van der Waals surface area contributed by atoms with E-state index in [2.05, 4.69) is 20.8 Å². The highest BCUT2D eigenvalue weighted by Crippen LogP contribution is 2.32. The van der Waals surface area contributed by atoms with Gasteiger partial charge in [0.2, 0.25) is 0 Å². The van der Waals surface area contributed by atoms with Gasteiger partial charge in [-0.05, 0) is 44.0 Å². The minimum Gasteiger partial charge on any atom is -0.326 e. The third kappa shape index (κ3) is 4.14. The molecule has 0 saturated heterocycles. The molecular formula is C18H27N7O2. The lowest BCUT2D eigenvalue weighted by molar-refractivity contribution is -0.385. The Balaban J connectivity index is 2.08. The molecule has 9 heteroatoms. The number of benzene rings is 1. The van der Waals surface area contributed by atoms with Crippen LogP contribution in [0.25, 0.3) is 0 Å². The molecule has 3 rings (SSSR count). The van der Waals surface area contributed by atoms with Gasteiger partial charge in [-0.1, -0.05) is 31.0 Å². The molecule has 2 aromatic rings. The maximum atomic E-state index is 11.6. The van der Waals surface area contributed by atoms with E-state index in [1.165, 1.54) is 6.07 Å². The molecular weight excluding hydrogens is 346 g/mol. The van der Waals surface area contributed by atoms with Crippen molar-refractivity contribution in [3.63, 3.8) is 0 Å². The molecule has 0 spiro atoms. The van der Waals surface area contributed by atoms with Crippen molar-refractivity contribution < 1.29 is 4.92 Å². The van der Waals surface area contributed by atoms with Gasteiger partial charge in [0.25, 0.3) is 5.69 Å². The van der Waals surface area contributed by atoms with Crippen LogP contribution in [0.15, 0.2) is 24.3 Å². The summed E-state index contributed by atoms with van der Waals surface area (Å²) in [7, 11) is 0. The van der Waals surface area contributed by atoms with E-state index in [1.54, 1.807) is 22.9 Å². The smallest absolute Gasteiger partial charge is 0.274 e. The molecule has 1 heterocycles. The number of nitro groups is 1. The number of rotatable bonds is 5. The lowest BCUT2D eigenvalue weighted by atomic mass is 9.89. The van der Waals surface area contributed by atoms with Crippen LogP contribution in [0.5, 0.6) is 0 Å². The second-order valence-electron chi connectivity index (χ2n) is 8.09. The fourth-order valence-electron chi connectivity index (χ4n) is 3.63. The number of nitrogens with two attached hydrogens (primary N) is 1. The van der Waals surface area contributed by atoms with E-state index in [0.717, 1.165) is 25.7 Å². The molecule has 146 valence electrons.